The van der Waals surface area contributed by atoms with Crippen molar-refractivity contribution in [1.82, 2.24) is 24.6 Å². The number of nitrogens with two attached hydrogens (primary N) is 1. The molecule has 2 aromatic heterocycles. The molecule has 1 aromatic carbocycles. The Bertz CT molecular complexity index is 1110. The third kappa shape index (κ3) is 4.34. The standard InChI is InChI=1S/C23H27FN6O/c1-14-20(22(25)31)11-26-23(27-14)17-5-4-10-29(12-17)13-21-15(2)28-30(16(21)3)19-8-6-18(24)7-9-19/h6-9,11,17H,4-5,10,12-13H2,1-3H3,(H2,25,31). The van der Waals surface area contributed by atoms with E-state index in [4.69, 9.17) is 5.73 Å². The van der Waals surface area contributed by atoms with Crippen molar-refractivity contribution in [2.24, 2.45) is 5.73 Å². The van der Waals surface area contributed by atoms with Crippen LogP contribution in [-0.2, 0) is 6.54 Å². The molecule has 8 heteroatoms. The molecule has 31 heavy (non-hydrogen) atoms. The van der Waals surface area contributed by atoms with E-state index < -0.39 is 5.91 Å². The van der Waals surface area contributed by atoms with E-state index in [0.29, 0.717) is 11.3 Å². The van der Waals surface area contributed by atoms with Gasteiger partial charge in [-0.15, -0.1) is 0 Å². The third-order valence-electron chi connectivity index (χ3n) is 6.03. The molecule has 1 aliphatic heterocycles. The fourth-order valence-corrected chi connectivity index (χ4v) is 4.29. The maximum Gasteiger partial charge on any atom is 0.252 e. The summed E-state index contributed by atoms with van der Waals surface area (Å²) in [5.74, 6) is 0.217. The molecule has 0 radical (unpaired) electrons. The van der Waals surface area contributed by atoms with Crippen LogP contribution in [0.15, 0.2) is 30.5 Å². The van der Waals surface area contributed by atoms with Crippen molar-refractivity contribution in [2.45, 2.75) is 46.1 Å². The number of hydrogen-bond acceptors (Lipinski definition) is 5. The van der Waals surface area contributed by atoms with Crippen LogP contribution in [0, 0.1) is 26.6 Å². The van der Waals surface area contributed by atoms with Gasteiger partial charge in [-0.2, -0.15) is 5.10 Å². The molecule has 1 amide bonds. The van der Waals surface area contributed by atoms with Gasteiger partial charge in [0.2, 0.25) is 0 Å². The Kier molecular flexibility index (Phi) is 5.82. The molecule has 0 saturated carbocycles. The molecule has 0 bridgehead atoms. The minimum absolute atomic E-state index is 0.210. The predicted octanol–water partition coefficient (Wildman–Crippen LogP) is 3.21. The molecule has 7 nitrogen and oxygen atoms in total. The van der Waals surface area contributed by atoms with Crippen molar-refractivity contribution in [3.8, 4) is 5.69 Å². The number of halogens is 1. The van der Waals surface area contributed by atoms with E-state index in [1.807, 2.05) is 11.6 Å². The summed E-state index contributed by atoms with van der Waals surface area (Å²) in [5, 5.41) is 4.69. The fourth-order valence-electron chi connectivity index (χ4n) is 4.29. The first kappa shape index (κ1) is 21.1. The van der Waals surface area contributed by atoms with Crippen LogP contribution < -0.4 is 5.73 Å². The van der Waals surface area contributed by atoms with Gasteiger partial charge in [0, 0.05) is 36.5 Å². The van der Waals surface area contributed by atoms with E-state index in [1.165, 1.54) is 17.7 Å². The van der Waals surface area contributed by atoms with Crippen LogP contribution in [0.4, 0.5) is 4.39 Å². The van der Waals surface area contributed by atoms with Crippen molar-refractivity contribution < 1.29 is 9.18 Å². The maximum absolute atomic E-state index is 13.3. The second kappa shape index (κ2) is 8.55. The number of primary amides is 1. The number of aromatic nitrogens is 4. The van der Waals surface area contributed by atoms with Crippen molar-refractivity contribution in [3.63, 3.8) is 0 Å². The lowest BCUT2D eigenvalue weighted by molar-refractivity contribution is 0.0998. The molecule has 0 spiro atoms. The van der Waals surface area contributed by atoms with E-state index in [1.54, 1.807) is 25.3 Å². The summed E-state index contributed by atoms with van der Waals surface area (Å²) in [4.78, 5) is 22.8. The molecule has 1 aliphatic rings. The number of benzene rings is 1. The molecular weight excluding hydrogens is 395 g/mol. The van der Waals surface area contributed by atoms with Gasteiger partial charge in [0.1, 0.15) is 11.6 Å². The summed E-state index contributed by atoms with van der Waals surface area (Å²) in [6, 6.07) is 6.38. The number of rotatable bonds is 5. The van der Waals surface area contributed by atoms with E-state index >= 15 is 0 Å². The lowest BCUT2D eigenvalue weighted by Gasteiger charge is -2.32. The predicted molar refractivity (Wildman–Crippen MR) is 116 cm³/mol. The number of amides is 1. The van der Waals surface area contributed by atoms with Gasteiger partial charge in [0.25, 0.3) is 5.91 Å². The van der Waals surface area contributed by atoms with Gasteiger partial charge < -0.3 is 5.73 Å². The minimum Gasteiger partial charge on any atom is -0.365 e. The first-order chi connectivity index (χ1) is 14.8. The zero-order valence-electron chi connectivity index (χ0n) is 18.1. The SMILES string of the molecule is Cc1nc(C2CCCN(Cc3c(C)nn(-c4ccc(F)cc4)c3C)C2)ncc1C(N)=O. The van der Waals surface area contributed by atoms with E-state index in [0.717, 1.165) is 55.4 Å². The largest absolute Gasteiger partial charge is 0.365 e. The summed E-state index contributed by atoms with van der Waals surface area (Å²) in [6.07, 6.45) is 3.60. The Morgan fingerprint density at radius 3 is 2.61 bits per heavy atom. The quantitative estimate of drug-likeness (QED) is 0.682. The molecule has 1 atom stereocenters. The van der Waals surface area contributed by atoms with Crippen molar-refractivity contribution in [1.29, 1.82) is 0 Å². The number of piperidine rings is 1. The van der Waals surface area contributed by atoms with E-state index in [-0.39, 0.29) is 11.7 Å². The van der Waals surface area contributed by atoms with Gasteiger partial charge in [0.15, 0.2) is 0 Å². The second-order valence-electron chi connectivity index (χ2n) is 8.20. The van der Waals surface area contributed by atoms with Gasteiger partial charge >= 0.3 is 0 Å². The molecule has 1 saturated heterocycles. The Morgan fingerprint density at radius 1 is 1.19 bits per heavy atom. The highest BCUT2D eigenvalue weighted by molar-refractivity contribution is 5.93. The number of nitrogens with zero attached hydrogens (tertiary/aromatic N) is 5. The van der Waals surface area contributed by atoms with Crippen molar-refractivity contribution in [2.75, 3.05) is 13.1 Å². The number of aryl methyl sites for hydroxylation is 2. The van der Waals surface area contributed by atoms with Gasteiger partial charge in [-0.1, -0.05) is 0 Å². The van der Waals surface area contributed by atoms with Gasteiger partial charge in [-0.05, 0) is 64.4 Å². The number of carbonyl (C=O) groups is 1. The van der Waals surface area contributed by atoms with Crippen LogP contribution in [-0.4, -0.2) is 43.6 Å². The van der Waals surface area contributed by atoms with Crippen molar-refractivity contribution >= 4 is 5.91 Å². The zero-order valence-corrected chi connectivity index (χ0v) is 18.1. The van der Waals surface area contributed by atoms with Crippen LogP contribution in [0.3, 0.4) is 0 Å². The molecule has 4 rings (SSSR count). The lowest BCUT2D eigenvalue weighted by Crippen LogP contribution is -2.35. The average Bonchev–Trinajstić information content (AvgIpc) is 3.02. The highest BCUT2D eigenvalue weighted by Crippen LogP contribution is 2.28. The molecule has 1 fully saturated rings. The molecule has 0 aliphatic carbocycles. The molecule has 162 valence electrons. The normalized spacial score (nSPS) is 17.1. The highest BCUT2D eigenvalue weighted by Gasteiger charge is 2.26. The molecule has 3 heterocycles. The molecular formula is C23H27FN6O. The summed E-state index contributed by atoms with van der Waals surface area (Å²) >= 11 is 0. The summed E-state index contributed by atoms with van der Waals surface area (Å²) in [6.45, 7) is 8.48. The average molecular weight is 423 g/mol. The van der Waals surface area contributed by atoms with Crippen LogP contribution >= 0.6 is 0 Å². The monoisotopic (exact) mass is 422 g/mol. The topological polar surface area (TPSA) is 89.9 Å². The van der Waals surface area contributed by atoms with Crippen LogP contribution in [0.2, 0.25) is 0 Å². The van der Waals surface area contributed by atoms with E-state index in [9.17, 15) is 9.18 Å². The third-order valence-corrected chi connectivity index (χ3v) is 6.03. The van der Waals surface area contributed by atoms with Gasteiger partial charge in [0.05, 0.1) is 22.6 Å². The number of likely N-dealkylation sites (tertiary alicyclic amines) is 1. The number of hydrogen-bond donors (Lipinski definition) is 1. The molecule has 1 unspecified atom stereocenters. The van der Waals surface area contributed by atoms with Crippen LogP contribution in [0.25, 0.3) is 5.69 Å². The highest BCUT2D eigenvalue weighted by atomic mass is 19.1. The zero-order chi connectivity index (χ0) is 22.1. The number of carbonyl (C=O) groups excluding carboxylic acids is 1. The summed E-state index contributed by atoms with van der Waals surface area (Å²) in [7, 11) is 0. The summed E-state index contributed by atoms with van der Waals surface area (Å²) < 4.78 is 15.2. The Morgan fingerprint density at radius 2 is 1.94 bits per heavy atom. The van der Waals surface area contributed by atoms with Gasteiger partial charge in [-0.25, -0.2) is 19.0 Å². The maximum atomic E-state index is 13.3. The minimum atomic E-state index is -0.501. The Balaban J connectivity index is 1.52. The Hall–Kier alpha value is -3.13. The molecule has 3 aromatic rings. The smallest absolute Gasteiger partial charge is 0.252 e. The fraction of sp³-hybridized carbons (Fsp3) is 0.391. The summed E-state index contributed by atoms with van der Waals surface area (Å²) in [5.41, 5.74) is 10.4. The molecule has 2 N–H and O–H groups in total. The van der Waals surface area contributed by atoms with Gasteiger partial charge in [-0.3, -0.25) is 9.69 Å². The first-order valence-corrected chi connectivity index (χ1v) is 10.5. The van der Waals surface area contributed by atoms with E-state index in [2.05, 4.69) is 26.9 Å². The van der Waals surface area contributed by atoms with Crippen LogP contribution in [0.1, 0.15) is 57.6 Å². The first-order valence-electron chi connectivity index (χ1n) is 10.5. The Labute approximate surface area is 181 Å². The van der Waals surface area contributed by atoms with Crippen LogP contribution in [0.5, 0.6) is 0 Å². The van der Waals surface area contributed by atoms with Crippen molar-refractivity contribution in [3.05, 3.63) is 70.3 Å². The second-order valence-corrected chi connectivity index (χ2v) is 8.20. The lowest BCUT2D eigenvalue weighted by atomic mass is 9.96.